The molecular weight excluding hydrogens is 348 g/mol. The van der Waals surface area contributed by atoms with Crippen LogP contribution in [0.5, 0.6) is 0 Å². The summed E-state index contributed by atoms with van der Waals surface area (Å²) in [6.07, 6.45) is 17.8. The molecule has 1 aliphatic carbocycles. The zero-order valence-electron chi connectivity index (χ0n) is 17.3. The van der Waals surface area contributed by atoms with E-state index >= 15 is 0 Å². The molecular formula is C23H34N4O. The molecule has 1 amide bonds. The molecule has 5 heteroatoms. The van der Waals surface area contributed by atoms with Crippen LogP contribution >= 0.6 is 0 Å². The van der Waals surface area contributed by atoms with E-state index in [9.17, 15) is 4.79 Å². The molecule has 0 fully saturated rings. The van der Waals surface area contributed by atoms with E-state index < -0.39 is 0 Å². The molecule has 0 aromatic rings. The highest BCUT2D eigenvalue weighted by molar-refractivity contribution is 5.89. The summed E-state index contributed by atoms with van der Waals surface area (Å²) in [7, 11) is 0. The average molecular weight is 383 g/mol. The van der Waals surface area contributed by atoms with Crippen LogP contribution in [0, 0.1) is 5.92 Å². The van der Waals surface area contributed by atoms with E-state index in [0.29, 0.717) is 19.0 Å². The molecule has 0 saturated carbocycles. The van der Waals surface area contributed by atoms with E-state index in [4.69, 9.17) is 0 Å². The molecule has 1 aliphatic heterocycles. The Balaban J connectivity index is 2.01. The topological polar surface area (TPSA) is 56.7 Å². The summed E-state index contributed by atoms with van der Waals surface area (Å²) in [6.45, 7) is 10.7. The van der Waals surface area contributed by atoms with Gasteiger partial charge in [-0.3, -0.25) is 9.79 Å². The van der Waals surface area contributed by atoms with Gasteiger partial charge in [0.05, 0.1) is 19.6 Å². The molecule has 2 aliphatic rings. The molecule has 5 nitrogen and oxygen atoms in total. The lowest BCUT2D eigenvalue weighted by molar-refractivity contribution is -0.129. The van der Waals surface area contributed by atoms with Crippen molar-refractivity contribution in [3.63, 3.8) is 0 Å². The summed E-state index contributed by atoms with van der Waals surface area (Å²) in [5, 5.41) is 6.40. The number of aliphatic imine (C=N–C) groups is 1. The molecule has 152 valence electrons. The van der Waals surface area contributed by atoms with Crippen molar-refractivity contribution < 1.29 is 4.79 Å². The molecule has 0 spiro atoms. The molecule has 1 heterocycles. The van der Waals surface area contributed by atoms with Crippen LogP contribution in [0.25, 0.3) is 0 Å². The number of allylic oxidation sites excluding steroid dienone is 6. The Bertz CT molecular complexity index is 685. The van der Waals surface area contributed by atoms with Gasteiger partial charge in [-0.05, 0) is 43.5 Å². The zero-order chi connectivity index (χ0) is 20.2. The Morgan fingerprint density at radius 3 is 3.11 bits per heavy atom. The first-order valence-corrected chi connectivity index (χ1v) is 10.3. The summed E-state index contributed by atoms with van der Waals surface area (Å²) in [4.78, 5) is 19.0. The van der Waals surface area contributed by atoms with Gasteiger partial charge in [0.2, 0.25) is 5.91 Å². The summed E-state index contributed by atoms with van der Waals surface area (Å²) in [5.41, 5.74) is 2.74. The Kier molecular flexibility index (Phi) is 9.32. The van der Waals surface area contributed by atoms with Crippen LogP contribution in [0.1, 0.15) is 33.1 Å². The standard InChI is InChI=1S/C23H34N4O/c1-4-7-9-19-11-12-21-16-26-22(25-13-8-10-20(21)15-19)18-27(14-5-2)23(28)17-24-6-3/h4,6-8,10-11,15,21,24H,3,5,9,12-14,16-18H2,1-2H3,(H,25,26)/b7-4-,10-8-/t21-/m0/s1. The predicted molar refractivity (Wildman–Crippen MR) is 118 cm³/mol. The molecule has 2 N–H and O–H groups in total. The second-order valence-electron chi connectivity index (χ2n) is 7.10. The molecule has 2 rings (SSSR count). The van der Waals surface area contributed by atoms with Gasteiger partial charge in [0, 0.05) is 19.0 Å². The highest BCUT2D eigenvalue weighted by Crippen LogP contribution is 2.26. The lowest BCUT2D eigenvalue weighted by atomic mass is 9.87. The van der Waals surface area contributed by atoms with E-state index in [0.717, 1.165) is 38.2 Å². The number of hydrogen-bond donors (Lipinski definition) is 2. The van der Waals surface area contributed by atoms with Gasteiger partial charge in [-0.1, -0.05) is 50.0 Å². The molecule has 1 atom stereocenters. The maximum atomic E-state index is 12.4. The zero-order valence-corrected chi connectivity index (χ0v) is 17.3. The van der Waals surface area contributed by atoms with E-state index in [1.54, 1.807) is 6.20 Å². The van der Waals surface area contributed by atoms with Crippen LogP contribution in [-0.4, -0.2) is 49.4 Å². The quantitative estimate of drug-likeness (QED) is 0.601. The van der Waals surface area contributed by atoms with E-state index in [1.807, 2.05) is 4.90 Å². The van der Waals surface area contributed by atoms with Crippen molar-refractivity contribution in [2.75, 3.05) is 32.7 Å². The number of amidine groups is 1. The van der Waals surface area contributed by atoms with Crippen LogP contribution in [0.3, 0.4) is 0 Å². The Morgan fingerprint density at radius 1 is 1.50 bits per heavy atom. The normalized spacial score (nSPS) is 22.2. The first kappa shape index (κ1) is 21.7. The molecule has 0 radical (unpaired) electrons. The van der Waals surface area contributed by atoms with Gasteiger partial charge in [-0.2, -0.15) is 0 Å². The summed E-state index contributed by atoms with van der Waals surface area (Å²) >= 11 is 0. The molecule has 0 aromatic carbocycles. The number of rotatable bonds is 9. The minimum absolute atomic E-state index is 0.0662. The lowest BCUT2D eigenvalue weighted by Crippen LogP contribution is -2.45. The first-order chi connectivity index (χ1) is 13.7. The van der Waals surface area contributed by atoms with Crippen molar-refractivity contribution in [2.45, 2.75) is 33.1 Å². The number of hydrogen-bond acceptors (Lipinski definition) is 4. The maximum Gasteiger partial charge on any atom is 0.242 e. The number of fused-ring (bicyclic) bond motifs is 1. The van der Waals surface area contributed by atoms with Crippen molar-refractivity contribution in [2.24, 2.45) is 10.9 Å². The third kappa shape index (κ3) is 6.87. The van der Waals surface area contributed by atoms with Crippen molar-refractivity contribution in [3.05, 3.63) is 60.4 Å². The molecule has 0 bridgehead atoms. The van der Waals surface area contributed by atoms with Crippen molar-refractivity contribution in [1.29, 1.82) is 0 Å². The Hall–Kier alpha value is -2.56. The minimum atomic E-state index is 0.0662. The lowest BCUT2D eigenvalue weighted by Gasteiger charge is -2.26. The van der Waals surface area contributed by atoms with Gasteiger partial charge >= 0.3 is 0 Å². The van der Waals surface area contributed by atoms with Crippen molar-refractivity contribution in [3.8, 4) is 0 Å². The second kappa shape index (κ2) is 12.0. The summed E-state index contributed by atoms with van der Waals surface area (Å²) < 4.78 is 0. The smallest absolute Gasteiger partial charge is 0.242 e. The van der Waals surface area contributed by atoms with Crippen LogP contribution < -0.4 is 10.6 Å². The molecule has 0 unspecified atom stereocenters. The molecule has 0 saturated heterocycles. The predicted octanol–water partition coefficient (Wildman–Crippen LogP) is 3.35. The van der Waals surface area contributed by atoms with Gasteiger partial charge in [0.15, 0.2) is 0 Å². The SMILES string of the molecule is C=CNCC(=O)N(CCC)C/C1=N/C/C=C\C2=CC(C/C=C\C)=CC[C@H]2CN1. The fraction of sp³-hybridized carbons (Fsp3) is 0.478. The second-order valence-corrected chi connectivity index (χ2v) is 7.10. The highest BCUT2D eigenvalue weighted by atomic mass is 16.2. The minimum Gasteiger partial charge on any atom is -0.383 e. The van der Waals surface area contributed by atoms with E-state index in [-0.39, 0.29) is 12.5 Å². The molecule has 28 heavy (non-hydrogen) atoms. The maximum absolute atomic E-state index is 12.4. The third-order valence-electron chi connectivity index (χ3n) is 4.91. The van der Waals surface area contributed by atoms with Crippen LogP contribution in [0.15, 0.2) is 65.4 Å². The Labute approximate surface area is 169 Å². The third-order valence-corrected chi connectivity index (χ3v) is 4.91. The largest absolute Gasteiger partial charge is 0.383 e. The number of nitrogens with zero attached hydrogens (tertiary/aromatic N) is 2. The van der Waals surface area contributed by atoms with Crippen molar-refractivity contribution >= 4 is 11.7 Å². The van der Waals surface area contributed by atoms with Gasteiger partial charge in [-0.25, -0.2) is 0 Å². The number of amides is 1. The fourth-order valence-corrected chi connectivity index (χ4v) is 3.37. The van der Waals surface area contributed by atoms with E-state index in [2.05, 4.69) is 72.5 Å². The van der Waals surface area contributed by atoms with Gasteiger partial charge in [0.1, 0.15) is 5.84 Å². The van der Waals surface area contributed by atoms with E-state index in [1.165, 1.54) is 11.1 Å². The van der Waals surface area contributed by atoms with Gasteiger partial charge in [-0.15, -0.1) is 0 Å². The number of nitrogens with one attached hydrogen (secondary N) is 2. The number of carbonyl (C=O) groups excluding carboxylic acids is 1. The van der Waals surface area contributed by atoms with Crippen LogP contribution in [0.2, 0.25) is 0 Å². The van der Waals surface area contributed by atoms with Crippen LogP contribution in [0.4, 0.5) is 0 Å². The monoisotopic (exact) mass is 382 g/mol. The number of carbonyl (C=O) groups is 1. The van der Waals surface area contributed by atoms with Gasteiger partial charge in [0.25, 0.3) is 0 Å². The van der Waals surface area contributed by atoms with Gasteiger partial charge < -0.3 is 15.5 Å². The summed E-state index contributed by atoms with van der Waals surface area (Å²) in [5.74, 6) is 1.39. The van der Waals surface area contributed by atoms with Crippen LogP contribution in [-0.2, 0) is 4.79 Å². The average Bonchev–Trinajstić information content (AvgIpc) is 2.80. The Morgan fingerprint density at radius 2 is 2.36 bits per heavy atom. The molecule has 0 aromatic heterocycles. The highest BCUT2D eigenvalue weighted by Gasteiger charge is 2.19. The fourth-order valence-electron chi connectivity index (χ4n) is 3.37. The van der Waals surface area contributed by atoms with Crippen molar-refractivity contribution in [1.82, 2.24) is 15.5 Å². The first-order valence-electron chi connectivity index (χ1n) is 10.3. The summed E-state index contributed by atoms with van der Waals surface area (Å²) in [6, 6.07) is 0.